The van der Waals surface area contributed by atoms with E-state index < -0.39 is 17.8 Å². The Morgan fingerprint density at radius 3 is 2.25 bits per heavy atom. The van der Waals surface area contributed by atoms with Crippen LogP contribution in [-0.4, -0.2) is 19.0 Å². The van der Waals surface area contributed by atoms with Crippen molar-refractivity contribution in [2.75, 3.05) is 12.4 Å². The van der Waals surface area contributed by atoms with Gasteiger partial charge in [-0.05, 0) is 36.2 Å². The van der Waals surface area contributed by atoms with Crippen LogP contribution >= 0.6 is 0 Å². The molecule has 2 aromatic carbocycles. The number of amides is 1. The average molecular weight is 326 g/mol. The van der Waals surface area contributed by atoms with Crippen LogP contribution in [0.15, 0.2) is 54.6 Å². The molecule has 0 saturated heterocycles. The molecule has 0 saturated carbocycles. The number of nitrogens with one attached hydrogen (secondary N) is 1. The van der Waals surface area contributed by atoms with Crippen molar-refractivity contribution < 1.29 is 19.4 Å². The van der Waals surface area contributed by atoms with Crippen molar-refractivity contribution in [1.29, 1.82) is 0 Å². The van der Waals surface area contributed by atoms with E-state index in [-0.39, 0.29) is 5.91 Å². The van der Waals surface area contributed by atoms with Gasteiger partial charge in [0.1, 0.15) is 5.75 Å². The Hall–Kier alpha value is -2.82. The molecule has 5 heteroatoms. The van der Waals surface area contributed by atoms with Crippen molar-refractivity contribution in [3.8, 4) is 5.75 Å². The Morgan fingerprint density at radius 1 is 1.08 bits per heavy atom. The lowest BCUT2D eigenvalue weighted by Crippen LogP contribution is -2.40. The summed E-state index contributed by atoms with van der Waals surface area (Å²) in [5, 5.41) is 14.0. The van der Waals surface area contributed by atoms with Crippen LogP contribution in [0.4, 0.5) is 5.69 Å². The van der Waals surface area contributed by atoms with Crippen molar-refractivity contribution in [1.82, 2.24) is 0 Å². The van der Waals surface area contributed by atoms with Gasteiger partial charge in [-0.3, -0.25) is 4.79 Å². The summed E-state index contributed by atoms with van der Waals surface area (Å²) in [6.07, 6.45) is 0.303. The Balaban J connectivity index is 2.17. The van der Waals surface area contributed by atoms with Crippen molar-refractivity contribution >= 4 is 17.6 Å². The Bertz CT molecular complexity index is 682. The molecule has 0 fully saturated rings. The van der Waals surface area contributed by atoms with E-state index >= 15 is 0 Å². The molecule has 0 spiro atoms. The third-order valence-electron chi connectivity index (χ3n) is 3.97. The second-order valence-electron chi connectivity index (χ2n) is 5.62. The van der Waals surface area contributed by atoms with Crippen LogP contribution < -0.4 is 15.2 Å². The Morgan fingerprint density at radius 2 is 1.71 bits per heavy atom. The lowest BCUT2D eigenvalue weighted by molar-refractivity contribution is -0.312. The van der Waals surface area contributed by atoms with Gasteiger partial charge in [-0.25, -0.2) is 0 Å². The highest BCUT2D eigenvalue weighted by molar-refractivity contribution is 5.95. The first-order chi connectivity index (χ1) is 11.5. The van der Waals surface area contributed by atoms with Crippen LogP contribution in [0, 0.1) is 11.8 Å². The molecular formula is C19H20NO4-. The predicted octanol–water partition coefficient (Wildman–Crippen LogP) is 1.88. The molecule has 0 bridgehead atoms. The fourth-order valence-corrected chi connectivity index (χ4v) is 2.43. The highest BCUT2D eigenvalue weighted by Gasteiger charge is 2.26. The summed E-state index contributed by atoms with van der Waals surface area (Å²) < 4.78 is 5.10. The zero-order chi connectivity index (χ0) is 17.5. The Labute approximate surface area is 141 Å². The lowest BCUT2D eigenvalue weighted by atomic mass is 9.87. The number of carboxylic acid groups (broad SMARTS) is 1. The number of methoxy groups -OCH3 is 1. The Kier molecular flexibility index (Phi) is 5.95. The molecule has 5 nitrogen and oxygen atoms in total. The molecule has 0 radical (unpaired) electrons. The third kappa shape index (κ3) is 4.59. The first-order valence-electron chi connectivity index (χ1n) is 7.71. The fraction of sp³-hybridized carbons (Fsp3) is 0.263. The van der Waals surface area contributed by atoms with E-state index in [2.05, 4.69) is 5.32 Å². The van der Waals surface area contributed by atoms with Crippen molar-refractivity contribution in [3.05, 3.63) is 60.2 Å². The lowest BCUT2D eigenvalue weighted by Gasteiger charge is -2.24. The van der Waals surface area contributed by atoms with Crippen LogP contribution in [0.2, 0.25) is 0 Å². The molecule has 126 valence electrons. The number of carbonyl (C=O) groups excluding carboxylic acids is 2. The summed E-state index contributed by atoms with van der Waals surface area (Å²) >= 11 is 0. The highest BCUT2D eigenvalue weighted by Crippen LogP contribution is 2.21. The minimum absolute atomic E-state index is 0.303. The van der Waals surface area contributed by atoms with Gasteiger partial charge < -0.3 is 20.0 Å². The minimum Gasteiger partial charge on any atom is -0.550 e. The largest absolute Gasteiger partial charge is 0.550 e. The van der Waals surface area contributed by atoms with E-state index in [4.69, 9.17) is 4.74 Å². The average Bonchev–Trinajstić information content (AvgIpc) is 2.60. The van der Waals surface area contributed by atoms with Crippen LogP contribution in [0.25, 0.3) is 0 Å². The van der Waals surface area contributed by atoms with Gasteiger partial charge in [0.25, 0.3) is 0 Å². The maximum atomic E-state index is 12.6. The predicted molar refractivity (Wildman–Crippen MR) is 89.4 cm³/mol. The number of para-hydroxylation sites is 1. The summed E-state index contributed by atoms with van der Waals surface area (Å²) in [4.78, 5) is 23.8. The van der Waals surface area contributed by atoms with E-state index in [1.165, 1.54) is 6.92 Å². The molecule has 0 unspecified atom stereocenters. The van der Waals surface area contributed by atoms with E-state index in [9.17, 15) is 14.7 Å². The molecule has 0 aliphatic rings. The number of carboxylic acids is 1. The molecule has 2 atom stereocenters. The number of rotatable bonds is 7. The molecule has 2 rings (SSSR count). The van der Waals surface area contributed by atoms with Crippen molar-refractivity contribution in [2.24, 2.45) is 11.8 Å². The molecule has 0 aliphatic heterocycles. The maximum absolute atomic E-state index is 12.6. The topological polar surface area (TPSA) is 78.5 Å². The summed E-state index contributed by atoms with van der Waals surface area (Å²) in [5.41, 5.74) is 1.49. The van der Waals surface area contributed by atoms with Crippen LogP contribution in [0.3, 0.4) is 0 Å². The van der Waals surface area contributed by atoms with Crippen LogP contribution in [0.5, 0.6) is 5.75 Å². The van der Waals surface area contributed by atoms with Gasteiger partial charge in [-0.15, -0.1) is 0 Å². The zero-order valence-corrected chi connectivity index (χ0v) is 13.7. The number of hydrogen-bond donors (Lipinski definition) is 1. The second-order valence-corrected chi connectivity index (χ2v) is 5.62. The molecule has 0 aliphatic carbocycles. The monoisotopic (exact) mass is 326 g/mol. The summed E-state index contributed by atoms with van der Waals surface area (Å²) in [5.74, 6) is -2.51. The van der Waals surface area contributed by atoms with E-state index in [0.717, 1.165) is 5.56 Å². The van der Waals surface area contributed by atoms with Gasteiger partial charge in [-0.2, -0.15) is 0 Å². The minimum atomic E-state index is -1.24. The van der Waals surface area contributed by atoms with Gasteiger partial charge >= 0.3 is 0 Å². The summed E-state index contributed by atoms with van der Waals surface area (Å²) in [6.45, 7) is 1.49. The summed E-state index contributed by atoms with van der Waals surface area (Å²) in [7, 11) is 1.57. The van der Waals surface area contributed by atoms with E-state index in [1.54, 1.807) is 43.5 Å². The van der Waals surface area contributed by atoms with Crippen LogP contribution in [0.1, 0.15) is 12.5 Å². The number of hydrogen-bond acceptors (Lipinski definition) is 4. The first-order valence-corrected chi connectivity index (χ1v) is 7.71. The number of anilines is 1. The molecular weight excluding hydrogens is 306 g/mol. The molecule has 0 heterocycles. The number of carbonyl (C=O) groups is 2. The third-order valence-corrected chi connectivity index (χ3v) is 3.97. The molecule has 24 heavy (non-hydrogen) atoms. The van der Waals surface area contributed by atoms with E-state index in [0.29, 0.717) is 17.9 Å². The molecule has 0 aromatic heterocycles. The van der Waals surface area contributed by atoms with Gasteiger partial charge in [0.2, 0.25) is 5.91 Å². The quantitative estimate of drug-likeness (QED) is 0.842. The first kappa shape index (κ1) is 17.5. The normalized spacial score (nSPS) is 12.9. The molecule has 1 amide bonds. The van der Waals surface area contributed by atoms with Gasteiger partial charge in [-0.1, -0.05) is 37.3 Å². The fourth-order valence-electron chi connectivity index (χ4n) is 2.43. The maximum Gasteiger partial charge on any atom is 0.228 e. The van der Waals surface area contributed by atoms with Crippen molar-refractivity contribution in [3.63, 3.8) is 0 Å². The van der Waals surface area contributed by atoms with Gasteiger partial charge in [0.15, 0.2) is 0 Å². The number of ether oxygens (including phenoxy) is 1. The standard InChI is InChI=1S/C19H21NO4/c1-13(19(22)23)17(12-14-8-10-16(24-2)11-9-14)18(21)20-15-6-4-3-5-7-15/h3-11,13,17H,12H2,1-2H3,(H,20,21)(H,22,23)/p-1/t13-,17-/m0/s1. The van der Waals surface area contributed by atoms with Gasteiger partial charge in [0.05, 0.1) is 13.0 Å². The molecule has 2 aromatic rings. The van der Waals surface area contributed by atoms with Crippen LogP contribution in [-0.2, 0) is 16.0 Å². The summed E-state index contributed by atoms with van der Waals surface area (Å²) in [6, 6.07) is 16.2. The number of benzene rings is 2. The SMILES string of the molecule is COc1ccc(C[C@H](C(=O)Nc2ccccc2)[C@H](C)C(=O)[O-])cc1. The molecule has 1 N–H and O–H groups in total. The zero-order valence-electron chi connectivity index (χ0n) is 13.7. The highest BCUT2D eigenvalue weighted by atomic mass is 16.5. The number of aliphatic carboxylic acids is 1. The van der Waals surface area contributed by atoms with E-state index in [1.807, 2.05) is 18.2 Å². The van der Waals surface area contributed by atoms with Crippen molar-refractivity contribution in [2.45, 2.75) is 13.3 Å². The van der Waals surface area contributed by atoms with Gasteiger partial charge in [0, 0.05) is 17.6 Å². The second kappa shape index (κ2) is 8.15. The smallest absolute Gasteiger partial charge is 0.228 e.